The van der Waals surface area contributed by atoms with Crippen LogP contribution in [0.5, 0.6) is 0 Å². The standard InChI is InChI=1S/C12H18N4O2/c1-7-9(8(2)15-14-7)10(17)16-5-4-12(3,6-16)11(13)18/h4-6H2,1-3H3,(H2,13,18)(H,14,15). The van der Waals surface area contributed by atoms with Crippen molar-refractivity contribution in [3.05, 3.63) is 17.0 Å². The van der Waals surface area contributed by atoms with Crippen LogP contribution in [0.15, 0.2) is 0 Å². The van der Waals surface area contributed by atoms with E-state index in [1.807, 2.05) is 6.92 Å². The van der Waals surface area contributed by atoms with Crippen LogP contribution < -0.4 is 5.73 Å². The van der Waals surface area contributed by atoms with Crippen molar-refractivity contribution in [2.24, 2.45) is 11.1 Å². The van der Waals surface area contributed by atoms with Crippen LogP contribution in [0.2, 0.25) is 0 Å². The molecule has 1 aliphatic rings. The molecule has 0 radical (unpaired) electrons. The second-order valence-electron chi connectivity index (χ2n) is 5.21. The van der Waals surface area contributed by atoms with E-state index in [-0.39, 0.29) is 11.8 Å². The molecule has 0 spiro atoms. The van der Waals surface area contributed by atoms with Gasteiger partial charge < -0.3 is 10.6 Å². The maximum absolute atomic E-state index is 12.4. The Morgan fingerprint density at radius 2 is 2.11 bits per heavy atom. The number of hydrogen-bond donors (Lipinski definition) is 2. The van der Waals surface area contributed by atoms with Gasteiger partial charge in [0, 0.05) is 18.8 Å². The molecular formula is C12H18N4O2. The predicted octanol–water partition coefficient (Wildman–Crippen LogP) is 0.364. The molecule has 2 amide bonds. The molecule has 1 aliphatic heterocycles. The van der Waals surface area contributed by atoms with Crippen LogP contribution in [0.3, 0.4) is 0 Å². The lowest BCUT2D eigenvalue weighted by Crippen LogP contribution is -2.38. The fourth-order valence-electron chi connectivity index (χ4n) is 2.36. The van der Waals surface area contributed by atoms with E-state index in [1.165, 1.54) is 0 Å². The Balaban J connectivity index is 2.21. The van der Waals surface area contributed by atoms with E-state index in [0.717, 1.165) is 5.69 Å². The summed E-state index contributed by atoms with van der Waals surface area (Å²) < 4.78 is 0. The number of aromatic amines is 1. The number of hydrogen-bond acceptors (Lipinski definition) is 3. The zero-order valence-corrected chi connectivity index (χ0v) is 10.9. The molecule has 1 aromatic heterocycles. The summed E-state index contributed by atoms with van der Waals surface area (Å²) in [5.74, 6) is -0.429. The molecule has 1 fully saturated rings. The van der Waals surface area contributed by atoms with Gasteiger partial charge in [-0.25, -0.2) is 0 Å². The van der Waals surface area contributed by atoms with E-state index in [2.05, 4.69) is 10.2 Å². The van der Waals surface area contributed by atoms with Crippen LogP contribution in [0, 0.1) is 19.3 Å². The van der Waals surface area contributed by atoms with Crippen LogP contribution in [-0.2, 0) is 4.79 Å². The molecule has 0 bridgehead atoms. The minimum Gasteiger partial charge on any atom is -0.369 e. The Bertz CT molecular complexity index is 489. The van der Waals surface area contributed by atoms with Gasteiger partial charge in [-0.15, -0.1) is 0 Å². The fourth-order valence-corrected chi connectivity index (χ4v) is 2.36. The third-order valence-electron chi connectivity index (χ3n) is 3.70. The first-order valence-corrected chi connectivity index (χ1v) is 5.96. The van der Waals surface area contributed by atoms with Gasteiger partial charge in [-0.1, -0.05) is 0 Å². The van der Waals surface area contributed by atoms with Crippen LogP contribution in [0.4, 0.5) is 0 Å². The summed E-state index contributed by atoms with van der Waals surface area (Å²) >= 11 is 0. The number of aromatic nitrogens is 2. The number of carbonyl (C=O) groups is 2. The number of carbonyl (C=O) groups excluding carboxylic acids is 2. The van der Waals surface area contributed by atoms with E-state index in [0.29, 0.717) is 30.8 Å². The fraction of sp³-hybridized carbons (Fsp3) is 0.583. The Hall–Kier alpha value is -1.85. The highest BCUT2D eigenvalue weighted by molar-refractivity contribution is 5.97. The molecule has 1 unspecified atom stereocenters. The number of likely N-dealkylation sites (tertiary alicyclic amines) is 1. The molecular weight excluding hydrogens is 232 g/mol. The quantitative estimate of drug-likeness (QED) is 0.794. The second kappa shape index (κ2) is 4.12. The molecule has 3 N–H and O–H groups in total. The molecule has 6 nitrogen and oxygen atoms in total. The molecule has 0 aliphatic carbocycles. The number of nitrogens with zero attached hydrogens (tertiary/aromatic N) is 2. The van der Waals surface area contributed by atoms with Gasteiger partial charge in [0.25, 0.3) is 5.91 Å². The summed E-state index contributed by atoms with van der Waals surface area (Å²) in [7, 11) is 0. The van der Waals surface area contributed by atoms with E-state index in [4.69, 9.17) is 5.73 Å². The van der Waals surface area contributed by atoms with Crippen molar-refractivity contribution in [1.82, 2.24) is 15.1 Å². The van der Waals surface area contributed by atoms with Crippen molar-refractivity contribution in [2.45, 2.75) is 27.2 Å². The Morgan fingerprint density at radius 1 is 1.44 bits per heavy atom. The summed E-state index contributed by atoms with van der Waals surface area (Å²) in [5.41, 5.74) is 6.81. The van der Waals surface area contributed by atoms with Crippen molar-refractivity contribution in [2.75, 3.05) is 13.1 Å². The number of rotatable bonds is 2. The van der Waals surface area contributed by atoms with E-state index < -0.39 is 5.41 Å². The lowest BCUT2D eigenvalue weighted by atomic mass is 9.89. The van der Waals surface area contributed by atoms with Crippen molar-refractivity contribution in [3.63, 3.8) is 0 Å². The highest BCUT2D eigenvalue weighted by Gasteiger charge is 2.41. The second-order valence-corrected chi connectivity index (χ2v) is 5.21. The van der Waals surface area contributed by atoms with Crippen LogP contribution in [-0.4, -0.2) is 40.0 Å². The lowest BCUT2D eigenvalue weighted by Gasteiger charge is -2.21. The number of amides is 2. The van der Waals surface area contributed by atoms with Gasteiger partial charge in [-0.05, 0) is 27.2 Å². The first-order valence-electron chi connectivity index (χ1n) is 5.96. The summed E-state index contributed by atoms with van der Waals surface area (Å²) in [6.45, 7) is 6.35. The van der Waals surface area contributed by atoms with Gasteiger partial charge in [0.1, 0.15) is 0 Å². The van der Waals surface area contributed by atoms with Gasteiger partial charge in [0.2, 0.25) is 5.91 Å². The molecule has 0 saturated carbocycles. The topological polar surface area (TPSA) is 92.1 Å². The Morgan fingerprint density at radius 3 is 2.56 bits per heavy atom. The first kappa shape index (κ1) is 12.6. The SMILES string of the molecule is Cc1n[nH]c(C)c1C(=O)N1CCC(C)(C(N)=O)C1. The summed E-state index contributed by atoms with van der Waals surface area (Å²) in [6, 6.07) is 0. The number of H-pyrrole nitrogens is 1. The van der Waals surface area contributed by atoms with Crippen molar-refractivity contribution >= 4 is 11.8 Å². The Labute approximate surface area is 106 Å². The smallest absolute Gasteiger partial charge is 0.257 e. The molecule has 2 heterocycles. The highest BCUT2D eigenvalue weighted by Crippen LogP contribution is 2.30. The summed E-state index contributed by atoms with van der Waals surface area (Å²) in [4.78, 5) is 25.4. The third kappa shape index (κ3) is 1.87. The minimum atomic E-state index is -0.610. The van der Waals surface area contributed by atoms with E-state index >= 15 is 0 Å². The monoisotopic (exact) mass is 250 g/mol. The highest BCUT2D eigenvalue weighted by atomic mass is 16.2. The molecule has 18 heavy (non-hydrogen) atoms. The van der Waals surface area contributed by atoms with Gasteiger partial charge in [-0.3, -0.25) is 14.7 Å². The van der Waals surface area contributed by atoms with E-state index in [9.17, 15) is 9.59 Å². The minimum absolute atomic E-state index is 0.0799. The van der Waals surface area contributed by atoms with Gasteiger partial charge >= 0.3 is 0 Å². The first-order chi connectivity index (χ1) is 8.35. The van der Waals surface area contributed by atoms with Crippen LogP contribution in [0.1, 0.15) is 35.1 Å². The molecule has 98 valence electrons. The summed E-state index contributed by atoms with van der Waals surface area (Å²) in [5, 5.41) is 6.81. The molecule has 1 aromatic rings. The molecule has 1 saturated heterocycles. The van der Waals surface area contributed by atoms with Gasteiger partial charge in [0.15, 0.2) is 0 Å². The average Bonchev–Trinajstić information content (AvgIpc) is 2.84. The van der Waals surface area contributed by atoms with Crippen molar-refractivity contribution in [1.29, 1.82) is 0 Å². The zero-order valence-electron chi connectivity index (χ0n) is 10.9. The normalized spacial score (nSPS) is 23.4. The van der Waals surface area contributed by atoms with Crippen molar-refractivity contribution in [3.8, 4) is 0 Å². The zero-order chi connectivity index (χ0) is 13.5. The van der Waals surface area contributed by atoms with Gasteiger partial charge in [0.05, 0.1) is 16.7 Å². The Kier molecular flexibility index (Phi) is 2.88. The molecule has 1 atom stereocenters. The van der Waals surface area contributed by atoms with Crippen molar-refractivity contribution < 1.29 is 9.59 Å². The number of aryl methyl sites for hydroxylation is 2. The molecule has 2 rings (SSSR count). The summed E-state index contributed by atoms with van der Waals surface area (Å²) in [6.07, 6.45) is 0.615. The number of nitrogens with two attached hydrogens (primary N) is 1. The third-order valence-corrected chi connectivity index (χ3v) is 3.70. The van der Waals surface area contributed by atoms with Crippen LogP contribution >= 0.6 is 0 Å². The largest absolute Gasteiger partial charge is 0.369 e. The van der Waals surface area contributed by atoms with E-state index in [1.54, 1.807) is 18.7 Å². The van der Waals surface area contributed by atoms with Crippen LogP contribution in [0.25, 0.3) is 0 Å². The number of nitrogens with one attached hydrogen (secondary N) is 1. The maximum Gasteiger partial charge on any atom is 0.257 e. The molecule has 6 heteroatoms. The average molecular weight is 250 g/mol. The predicted molar refractivity (Wildman–Crippen MR) is 65.9 cm³/mol. The lowest BCUT2D eigenvalue weighted by molar-refractivity contribution is -0.126. The molecule has 0 aromatic carbocycles. The maximum atomic E-state index is 12.4. The number of primary amides is 1. The van der Waals surface area contributed by atoms with Gasteiger partial charge in [-0.2, -0.15) is 5.10 Å².